The number of nitrogens with zero attached hydrogens (tertiary/aromatic N) is 1. The lowest BCUT2D eigenvalue weighted by atomic mass is 9.93. The quantitative estimate of drug-likeness (QED) is 0.809. The van der Waals surface area contributed by atoms with E-state index in [1.54, 1.807) is 7.11 Å². The van der Waals surface area contributed by atoms with Crippen molar-refractivity contribution in [2.45, 2.75) is 45.1 Å². The second-order valence-corrected chi connectivity index (χ2v) is 6.30. The molecule has 2 N–H and O–H groups in total. The van der Waals surface area contributed by atoms with Crippen molar-refractivity contribution in [3.63, 3.8) is 0 Å². The van der Waals surface area contributed by atoms with Crippen molar-refractivity contribution in [2.24, 2.45) is 0 Å². The smallest absolute Gasteiger partial charge is 0.220 e. The zero-order chi connectivity index (χ0) is 17.6. The highest BCUT2D eigenvalue weighted by molar-refractivity contribution is 5.76. The van der Waals surface area contributed by atoms with Gasteiger partial charge in [-0.2, -0.15) is 5.10 Å². The Kier molecular flexibility index (Phi) is 5.58. The molecule has 0 bridgehead atoms. The maximum absolute atomic E-state index is 12.3. The maximum atomic E-state index is 12.3. The molecule has 0 saturated heterocycles. The molecular formula is C19H25N3O3. The van der Waals surface area contributed by atoms with Crippen LogP contribution < -0.4 is 14.8 Å². The molecule has 0 fully saturated rings. The number of carbonyl (C=O) groups is 1. The fraction of sp³-hybridized carbons (Fsp3) is 0.474. The van der Waals surface area contributed by atoms with E-state index in [0.29, 0.717) is 25.2 Å². The van der Waals surface area contributed by atoms with Crippen molar-refractivity contribution in [1.82, 2.24) is 15.5 Å². The summed E-state index contributed by atoms with van der Waals surface area (Å²) in [5.41, 5.74) is 3.48. The van der Waals surface area contributed by atoms with Crippen LogP contribution in [0.1, 0.15) is 36.6 Å². The van der Waals surface area contributed by atoms with E-state index < -0.39 is 0 Å². The van der Waals surface area contributed by atoms with E-state index in [-0.39, 0.29) is 11.9 Å². The maximum Gasteiger partial charge on any atom is 0.220 e. The highest BCUT2D eigenvalue weighted by Gasteiger charge is 2.21. The third-order valence-electron chi connectivity index (χ3n) is 4.55. The van der Waals surface area contributed by atoms with Gasteiger partial charge >= 0.3 is 0 Å². The molecule has 1 aliphatic carbocycles. The van der Waals surface area contributed by atoms with Crippen LogP contribution in [0.25, 0.3) is 0 Å². The largest absolute Gasteiger partial charge is 0.493 e. The van der Waals surface area contributed by atoms with Crippen LogP contribution >= 0.6 is 0 Å². The number of benzene rings is 1. The minimum atomic E-state index is 0.0841. The van der Waals surface area contributed by atoms with Gasteiger partial charge in [-0.1, -0.05) is 6.07 Å². The Labute approximate surface area is 147 Å². The molecule has 0 aliphatic heterocycles. The molecule has 0 spiro atoms. The fourth-order valence-electron chi connectivity index (χ4n) is 3.23. The summed E-state index contributed by atoms with van der Waals surface area (Å²) in [4.78, 5) is 12.3. The number of methoxy groups -OCH3 is 1. The number of aryl methyl sites for hydroxylation is 2. The van der Waals surface area contributed by atoms with Crippen molar-refractivity contribution < 1.29 is 14.3 Å². The number of amides is 1. The minimum absolute atomic E-state index is 0.0841. The van der Waals surface area contributed by atoms with Gasteiger partial charge in [0.15, 0.2) is 11.5 Å². The zero-order valence-corrected chi connectivity index (χ0v) is 14.8. The van der Waals surface area contributed by atoms with Crippen LogP contribution in [0.5, 0.6) is 11.5 Å². The van der Waals surface area contributed by atoms with Gasteiger partial charge in [0.05, 0.1) is 19.9 Å². The van der Waals surface area contributed by atoms with Gasteiger partial charge < -0.3 is 14.8 Å². The lowest BCUT2D eigenvalue weighted by molar-refractivity contribution is -0.121. The van der Waals surface area contributed by atoms with Gasteiger partial charge in [-0.25, -0.2) is 0 Å². The Hall–Kier alpha value is -2.50. The van der Waals surface area contributed by atoms with Crippen LogP contribution in [-0.4, -0.2) is 35.9 Å². The molecule has 1 aromatic heterocycles. The average molecular weight is 343 g/mol. The number of H-pyrrole nitrogens is 1. The van der Waals surface area contributed by atoms with Gasteiger partial charge in [0, 0.05) is 24.6 Å². The molecule has 3 rings (SSSR count). The predicted molar refractivity (Wildman–Crippen MR) is 95.0 cm³/mol. The lowest BCUT2D eigenvalue weighted by Crippen LogP contribution is -2.38. The second kappa shape index (κ2) is 8.05. The number of aromatic amines is 1. The number of ether oxygens (including phenoxy) is 2. The number of hydrogen-bond acceptors (Lipinski definition) is 4. The number of hydrogen-bond donors (Lipinski definition) is 2. The van der Waals surface area contributed by atoms with Crippen molar-refractivity contribution in [1.29, 1.82) is 0 Å². The van der Waals surface area contributed by atoms with Crippen molar-refractivity contribution >= 4 is 5.91 Å². The molecule has 1 heterocycles. The van der Waals surface area contributed by atoms with Gasteiger partial charge in [-0.05, 0) is 49.4 Å². The number of rotatable bonds is 7. The molecule has 1 aliphatic rings. The molecule has 0 radical (unpaired) electrons. The number of aromatic nitrogens is 2. The number of nitrogens with one attached hydrogen (secondary N) is 2. The predicted octanol–water partition coefficient (Wildman–Crippen LogP) is 2.42. The third-order valence-corrected chi connectivity index (χ3v) is 4.55. The first-order chi connectivity index (χ1) is 12.2. The topological polar surface area (TPSA) is 76.2 Å². The summed E-state index contributed by atoms with van der Waals surface area (Å²) < 4.78 is 10.9. The van der Waals surface area contributed by atoms with Gasteiger partial charge in [-0.15, -0.1) is 0 Å². The zero-order valence-electron chi connectivity index (χ0n) is 14.8. The van der Waals surface area contributed by atoms with Crippen LogP contribution in [-0.2, 0) is 24.1 Å². The Morgan fingerprint density at radius 3 is 3.08 bits per heavy atom. The van der Waals surface area contributed by atoms with Gasteiger partial charge in [-0.3, -0.25) is 9.89 Å². The molecule has 1 atom stereocenters. The van der Waals surface area contributed by atoms with Crippen molar-refractivity contribution in [3.8, 4) is 11.5 Å². The fourth-order valence-corrected chi connectivity index (χ4v) is 3.23. The summed E-state index contributed by atoms with van der Waals surface area (Å²) in [7, 11) is 1.63. The van der Waals surface area contributed by atoms with Crippen LogP contribution in [0.15, 0.2) is 24.4 Å². The first-order valence-corrected chi connectivity index (χ1v) is 8.79. The Morgan fingerprint density at radius 2 is 2.28 bits per heavy atom. The van der Waals surface area contributed by atoms with Gasteiger partial charge in [0.1, 0.15) is 0 Å². The highest BCUT2D eigenvalue weighted by atomic mass is 16.5. The van der Waals surface area contributed by atoms with E-state index in [1.165, 1.54) is 5.56 Å². The summed E-state index contributed by atoms with van der Waals surface area (Å²) in [6, 6.07) is 6.01. The molecule has 2 aromatic rings. The normalized spacial score (nSPS) is 16.2. The minimum Gasteiger partial charge on any atom is -0.493 e. The molecular weight excluding hydrogens is 318 g/mol. The van der Waals surface area contributed by atoms with E-state index in [2.05, 4.69) is 15.5 Å². The monoisotopic (exact) mass is 343 g/mol. The Bertz CT molecular complexity index is 726. The summed E-state index contributed by atoms with van der Waals surface area (Å²) in [5.74, 6) is 1.52. The first-order valence-electron chi connectivity index (χ1n) is 8.79. The first kappa shape index (κ1) is 17.3. The Morgan fingerprint density at radius 1 is 1.40 bits per heavy atom. The molecule has 25 heavy (non-hydrogen) atoms. The molecule has 6 nitrogen and oxygen atoms in total. The van der Waals surface area contributed by atoms with E-state index in [1.807, 2.05) is 31.3 Å². The van der Waals surface area contributed by atoms with E-state index in [9.17, 15) is 4.79 Å². The standard InChI is InChI=1S/C19H25N3O3/c1-3-25-17-8-4-13(10-18(17)24-2)5-9-19(23)21-15-7-6-14-12-20-22-16(14)11-15/h4,8,10,12,15H,3,5-7,9,11H2,1-2H3,(H,20,22)(H,21,23). The van der Waals surface area contributed by atoms with Gasteiger partial charge in [0.25, 0.3) is 0 Å². The third kappa shape index (κ3) is 4.32. The van der Waals surface area contributed by atoms with Crippen molar-refractivity contribution in [3.05, 3.63) is 41.2 Å². The van der Waals surface area contributed by atoms with Crippen LogP contribution in [0, 0.1) is 0 Å². The molecule has 6 heteroatoms. The summed E-state index contributed by atoms with van der Waals surface area (Å²) in [6.45, 7) is 2.53. The summed E-state index contributed by atoms with van der Waals surface area (Å²) in [5, 5.41) is 10.2. The van der Waals surface area contributed by atoms with Gasteiger partial charge in [0.2, 0.25) is 5.91 Å². The molecule has 1 aromatic carbocycles. The van der Waals surface area contributed by atoms with Crippen LogP contribution in [0.3, 0.4) is 0 Å². The number of carbonyl (C=O) groups excluding carboxylic acids is 1. The molecule has 134 valence electrons. The van der Waals surface area contributed by atoms with E-state index in [0.717, 1.165) is 36.3 Å². The summed E-state index contributed by atoms with van der Waals surface area (Å²) >= 11 is 0. The van der Waals surface area contributed by atoms with Crippen LogP contribution in [0.4, 0.5) is 0 Å². The highest BCUT2D eigenvalue weighted by Crippen LogP contribution is 2.28. The molecule has 1 unspecified atom stereocenters. The molecule has 1 amide bonds. The van der Waals surface area contributed by atoms with Crippen LogP contribution in [0.2, 0.25) is 0 Å². The Balaban J connectivity index is 1.51. The van der Waals surface area contributed by atoms with Crippen molar-refractivity contribution in [2.75, 3.05) is 13.7 Å². The number of fused-ring (bicyclic) bond motifs is 1. The molecule has 0 saturated carbocycles. The van der Waals surface area contributed by atoms with E-state index >= 15 is 0 Å². The lowest BCUT2D eigenvalue weighted by Gasteiger charge is -2.22. The average Bonchev–Trinajstić information content (AvgIpc) is 3.09. The summed E-state index contributed by atoms with van der Waals surface area (Å²) in [6.07, 6.45) is 5.78. The second-order valence-electron chi connectivity index (χ2n) is 6.30. The van der Waals surface area contributed by atoms with E-state index in [4.69, 9.17) is 9.47 Å². The SMILES string of the molecule is CCOc1ccc(CCC(=O)NC2CCc3cn[nH]c3C2)cc1OC.